The van der Waals surface area contributed by atoms with Gasteiger partial charge in [0.2, 0.25) is 0 Å². The number of carboxylic acids is 1. The van der Waals surface area contributed by atoms with E-state index in [4.69, 9.17) is 4.74 Å². The molecule has 200 valence electrons. The molecule has 0 aliphatic carbocycles. The number of fused-ring (bicyclic) bond motifs is 2. The number of thiophene rings is 1. The molecule has 5 aromatic rings. The van der Waals surface area contributed by atoms with Crippen LogP contribution in [0.5, 0.6) is 5.75 Å². The monoisotopic (exact) mass is 664 g/mol. The normalized spacial score (nSPS) is 12.4. The van der Waals surface area contributed by atoms with Gasteiger partial charge in [0.1, 0.15) is 5.75 Å². The molecule has 4 aromatic carbocycles. The zero-order chi connectivity index (χ0) is 27.8. The molecule has 1 aromatic heterocycles. The number of aryl methyl sites for hydroxylation is 2. The van der Waals surface area contributed by atoms with Crippen LogP contribution in [0.4, 0.5) is 0 Å². The molecule has 1 N–H and O–H groups in total. The maximum atomic E-state index is 12.3. The lowest BCUT2D eigenvalue weighted by atomic mass is 9.90. The Morgan fingerprint density at radius 3 is 2.28 bits per heavy atom. The summed E-state index contributed by atoms with van der Waals surface area (Å²) in [5.41, 5.74) is 5.50. The van der Waals surface area contributed by atoms with Crippen LogP contribution in [0.15, 0.2) is 75.7 Å². The van der Waals surface area contributed by atoms with Crippen LogP contribution in [-0.2, 0) is 17.6 Å². The second-order valence-electron chi connectivity index (χ2n) is 10.4. The van der Waals surface area contributed by atoms with Crippen molar-refractivity contribution in [1.82, 2.24) is 0 Å². The molecule has 5 rings (SSSR count). The van der Waals surface area contributed by atoms with Crippen LogP contribution in [0.25, 0.3) is 32.0 Å². The van der Waals surface area contributed by atoms with Crippen LogP contribution in [0.1, 0.15) is 35.4 Å². The molecule has 1 heterocycles. The molecule has 0 aliphatic rings. The van der Waals surface area contributed by atoms with Crippen molar-refractivity contribution in [3.63, 3.8) is 0 Å². The molecule has 0 aliphatic heterocycles. The van der Waals surface area contributed by atoms with Gasteiger partial charge in [-0.05, 0) is 109 Å². The van der Waals surface area contributed by atoms with Gasteiger partial charge in [0.25, 0.3) is 0 Å². The number of carboxylic acid groups (broad SMARTS) is 1. The molecular formula is C33H30Br2O3S. The van der Waals surface area contributed by atoms with Gasteiger partial charge >= 0.3 is 5.97 Å². The molecule has 0 fully saturated rings. The number of carbonyl (C=O) groups is 1. The fourth-order valence-corrected chi connectivity index (χ4v) is 7.70. The summed E-state index contributed by atoms with van der Waals surface area (Å²) in [6, 6.07) is 22.4. The minimum Gasteiger partial charge on any atom is -0.478 e. The van der Waals surface area contributed by atoms with E-state index in [9.17, 15) is 9.90 Å². The van der Waals surface area contributed by atoms with Gasteiger partial charge in [0.15, 0.2) is 6.10 Å². The van der Waals surface area contributed by atoms with E-state index in [1.165, 1.54) is 36.9 Å². The minimum atomic E-state index is -0.998. The highest BCUT2D eigenvalue weighted by atomic mass is 79.9. The summed E-state index contributed by atoms with van der Waals surface area (Å²) in [5.74, 6) is -0.0133. The lowest BCUT2D eigenvalue weighted by molar-refractivity contribution is -0.145. The first kappa shape index (κ1) is 27.9. The van der Waals surface area contributed by atoms with Gasteiger partial charge in [0, 0.05) is 21.2 Å². The van der Waals surface area contributed by atoms with Gasteiger partial charge in [-0.3, -0.25) is 0 Å². The largest absolute Gasteiger partial charge is 0.478 e. The molecule has 0 bridgehead atoms. The van der Waals surface area contributed by atoms with Crippen molar-refractivity contribution in [2.45, 2.75) is 46.6 Å². The first-order valence-electron chi connectivity index (χ1n) is 13.0. The average molecular weight is 666 g/mol. The third-order valence-electron chi connectivity index (χ3n) is 7.10. The molecule has 6 heteroatoms. The number of hydrogen-bond donors (Lipinski definition) is 1. The third kappa shape index (κ3) is 5.52. The molecule has 0 saturated heterocycles. The summed E-state index contributed by atoms with van der Waals surface area (Å²) < 4.78 is 9.44. The predicted molar refractivity (Wildman–Crippen MR) is 170 cm³/mol. The second kappa shape index (κ2) is 11.4. The van der Waals surface area contributed by atoms with Crippen molar-refractivity contribution in [3.8, 4) is 16.9 Å². The van der Waals surface area contributed by atoms with Crippen molar-refractivity contribution >= 4 is 70.0 Å². The summed E-state index contributed by atoms with van der Waals surface area (Å²) in [6.45, 7) is 8.71. The molecule has 0 unspecified atom stereocenters. The highest BCUT2D eigenvalue weighted by molar-refractivity contribution is 9.11. The van der Waals surface area contributed by atoms with E-state index in [1.54, 1.807) is 0 Å². The number of rotatable bonds is 8. The first-order valence-corrected chi connectivity index (χ1v) is 15.4. The lowest BCUT2D eigenvalue weighted by Gasteiger charge is -2.22. The Labute approximate surface area is 250 Å². The average Bonchev–Trinajstić information content (AvgIpc) is 3.20. The molecule has 3 nitrogen and oxygen atoms in total. The van der Waals surface area contributed by atoms with Gasteiger partial charge in [-0.1, -0.05) is 68.4 Å². The van der Waals surface area contributed by atoms with Crippen LogP contribution in [0.2, 0.25) is 0 Å². The Bertz CT molecular complexity index is 1690. The Morgan fingerprint density at radius 2 is 1.62 bits per heavy atom. The number of hydrogen-bond acceptors (Lipinski definition) is 3. The van der Waals surface area contributed by atoms with E-state index >= 15 is 0 Å². The van der Waals surface area contributed by atoms with Crippen molar-refractivity contribution in [2.24, 2.45) is 5.92 Å². The molecule has 0 radical (unpaired) electrons. The van der Waals surface area contributed by atoms with Gasteiger partial charge < -0.3 is 9.84 Å². The Morgan fingerprint density at radius 1 is 0.949 bits per heavy atom. The molecule has 39 heavy (non-hydrogen) atoms. The number of benzene rings is 4. The van der Waals surface area contributed by atoms with Crippen LogP contribution in [0.3, 0.4) is 0 Å². The highest BCUT2D eigenvalue weighted by Gasteiger charge is 2.25. The molecule has 1 atom stereocenters. The topological polar surface area (TPSA) is 46.5 Å². The van der Waals surface area contributed by atoms with Crippen LogP contribution in [-0.4, -0.2) is 17.2 Å². The minimum absolute atomic E-state index is 0.289. The third-order valence-corrected chi connectivity index (χ3v) is 10.0. The summed E-state index contributed by atoms with van der Waals surface area (Å²) in [7, 11) is 0. The molecule has 0 spiro atoms. The summed E-state index contributed by atoms with van der Waals surface area (Å²) >= 11 is 9.51. The van der Waals surface area contributed by atoms with E-state index in [-0.39, 0.29) is 6.42 Å². The van der Waals surface area contributed by atoms with Crippen molar-refractivity contribution in [1.29, 1.82) is 0 Å². The zero-order valence-electron chi connectivity index (χ0n) is 22.3. The van der Waals surface area contributed by atoms with Gasteiger partial charge in [-0.25, -0.2) is 4.79 Å². The van der Waals surface area contributed by atoms with Crippen molar-refractivity contribution < 1.29 is 14.6 Å². The zero-order valence-corrected chi connectivity index (χ0v) is 26.3. The van der Waals surface area contributed by atoms with E-state index in [0.717, 1.165) is 32.1 Å². The summed E-state index contributed by atoms with van der Waals surface area (Å²) in [6.07, 6.45) is 0.0534. The van der Waals surface area contributed by atoms with Gasteiger partial charge in [-0.15, -0.1) is 11.3 Å². The smallest absolute Gasteiger partial charge is 0.345 e. The Kier molecular flexibility index (Phi) is 8.18. The molecular weight excluding hydrogens is 636 g/mol. The van der Waals surface area contributed by atoms with Gasteiger partial charge in [-0.2, -0.15) is 0 Å². The van der Waals surface area contributed by atoms with E-state index in [0.29, 0.717) is 11.7 Å². The van der Waals surface area contributed by atoms with Crippen molar-refractivity contribution in [3.05, 3.63) is 97.2 Å². The standard InChI is InChI=1S/C33H30Br2O3S/c1-18(2)14-23-16-22(17-26(34)31(23)38-27(33(36)37)15-21-10-6-5-7-11-21)29-24-12-8-9-13-25(24)30(35)32-28(29)19(3)20(4)39-32/h5-13,16-18,27H,14-15H2,1-4H3,(H,36,37)/t27-/m1/s1. The Hall–Kier alpha value is -2.67. The van der Waals surface area contributed by atoms with E-state index in [2.05, 4.69) is 96.0 Å². The maximum absolute atomic E-state index is 12.3. The van der Waals surface area contributed by atoms with E-state index in [1.807, 2.05) is 41.7 Å². The lowest BCUT2D eigenvalue weighted by Crippen LogP contribution is -2.30. The van der Waals surface area contributed by atoms with Crippen LogP contribution < -0.4 is 4.74 Å². The van der Waals surface area contributed by atoms with Crippen molar-refractivity contribution in [2.75, 3.05) is 0 Å². The molecule has 0 saturated carbocycles. The number of ether oxygens (including phenoxy) is 1. The molecule has 0 amide bonds. The fraction of sp³-hybridized carbons (Fsp3) is 0.242. The second-order valence-corrected chi connectivity index (χ2v) is 13.3. The Balaban J connectivity index is 1.70. The first-order chi connectivity index (χ1) is 18.7. The van der Waals surface area contributed by atoms with Crippen LogP contribution >= 0.6 is 43.2 Å². The SMILES string of the molecule is Cc1sc2c(Br)c3ccccc3c(-c3cc(Br)c(O[C@H](Cc4ccccc4)C(=O)O)c(CC(C)C)c3)c2c1C. The maximum Gasteiger partial charge on any atom is 0.345 e. The number of halogens is 2. The fourth-order valence-electron chi connectivity index (χ4n) is 5.20. The quantitative estimate of drug-likeness (QED) is 0.179. The van der Waals surface area contributed by atoms with E-state index < -0.39 is 12.1 Å². The highest BCUT2D eigenvalue weighted by Crippen LogP contribution is 2.48. The summed E-state index contributed by atoms with van der Waals surface area (Å²) in [4.78, 5) is 13.6. The summed E-state index contributed by atoms with van der Waals surface area (Å²) in [5, 5.41) is 13.7. The van der Waals surface area contributed by atoms with Crippen LogP contribution in [0, 0.1) is 19.8 Å². The predicted octanol–water partition coefficient (Wildman–Crippen LogP) is 10.1. The van der Waals surface area contributed by atoms with Gasteiger partial charge in [0.05, 0.1) is 9.17 Å². The number of aliphatic carboxylic acids is 1.